The lowest BCUT2D eigenvalue weighted by Crippen LogP contribution is -2.48. The molecule has 0 unspecified atom stereocenters. The minimum absolute atomic E-state index is 0.125. The van der Waals surface area contributed by atoms with Crippen LogP contribution >= 0.6 is 0 Å². The summed E-state index contributed by atoms with van der Waals surface area (Å²) < 4.78 is 1.64. The van der Waals surface area contributed by atoms with Gasteiger partial charge in [-0.05, 0) is 24.7 Å². The first kappa shape index (κ1) is 13.6. The third-order valence-corrected chi connectivity index (χ3v) is 3.87. The molecule has 0 radical (unpaired) electrons. The molecule has 1 amide bonds. The molecular formula is C15H19N5O. The van der Waals surface area contributed by atoms with Crippen LogP contribution in [0.5, 0.6) is 0 Å². The molecule has 6 heteroatoms. The number of likely N-dealkylation sites (N-methyl/N-ethyl adjacent to an activating group) is 1. The second-order valence-corrected chi connectivity index (χ2v) is 5.40. The van der Waals surface area contributed by atoms with Crippen molar-refractivity contribution in [3.8, 4) is 11.1 Å². The first-order valence-electron chi connectivity index (χ1n) is 6.93. The highest BCUT2D eigenvalue weighted by molar-refractivity contribution is 5.96. The monoisotopic (exact) mass is 285 g/mol. The van der Waals surface area contributed by atoms with Crippen LogP contribution in [0, 0.1) is 0 Å². The van der Waals surface area contributed by atoms with E-state index < -0.39 is 0 Å². The zero-order chi connectivity index (χ0) is 15.0. The van der Waals surface area contributed by atoms with E-state index >= 15 is 0 Å². The summed E-state index contributed by atoms with van der Waals surface area (Å²) in [6, 6.07) is 7.88. The maximum Gasteiger partial charge on any atom is 0.241 e. The molecule has 0 bridgehead atoms. The number of nitrogen functional groups attached to an aromatic ring is 1. The van der Waals surface area contributed by atoms with Crippen LogP contribution in [0.3, 0.4) is 0 Å². The van der Waals surface area contributed by atoms with Crippen molar-refractivity contribution in [3.05, 3.63) is 30.5 Å². The van der Waals surface area contributed by atoms with Crippen LogP contribution in [0.2, 0.25) is 0 Å². The van der Waals surface area contributed by atoms with Gasteiger partial charge in [0.25, 0.3) is 0 Å². The fourth-order valence-electron chi connectivity index (χ4n) is 2.57. The fraction of sp³-hybridized carbons (Fsp3) is 0.333. The number of piperazine rings is 1. The first-order valence-corrected chi connectivity index (χ1v) is 6.93. The van der Waals surface area contributed by atoms with Crippen molar-refractivity contribution in [2.45, 2.75) is 0 Å². The fourth-order valence-corrected chi connectivity index (χ4v) is 2.57. The zero-order valence-corrected chi connectivity index (χ0v) is 12.3. The number of rotatable bonds is 2. The second-order valence-electron chi connectivity index (χ2n) is 5.40. The molecule has 1 aliphatic heterocycles. The average molecular weight is 285 g/mol. The van der Waals surface area contributed by atoms with Crippen LogP contribution in [-0.2, 0) is 11.8 Å². The summed E-state index contributed by atoms with van der Waals surface area (Å²) in [7, 11) is 3.77. The van der Waals surface area contributed by atoms with Crippen molar-refractivity contribution < 1.29 is 4.79 Å². The maximum absolute atomic E-state index is 12.2. The van der Waals surface area contributed by atoms with Gasteiger partial charge in [-0.1, -0.05) is 12.1 Å². The molecule has 0 atom stereocenters. The van der Waals surface area contributed by atoms with Crippen molar-refractivity contribution in [2.75, 3.05) is 37.3 Å². The van der Waals surface area contributed by atoms with Gasteiger partial charge in [0.1, 0.15) is 5.82 Å². The summed E-state index contributed by atoms with van der Waals surface area (Å²) in [5.41, 5.74) is 8.80. The molecule has 21 heavy (non-hydrogen) atoms. The van der Waals surface area contributed by atoms with Crippen LogP contribution in [-0.4, -0.2) is 47.3 Å². The Bertz CT molecular complexity index is 678. The summed E-state index contributed by atoms with van der Waals surface area (Å²) in [5.74, 6) is 0.747. The molecule has 1 fully saturated rings. The highest BCUT2D eigenvalue weighted by Crippen LogP contribution is 2.29. The number of aromatic nitrogens is 2. The predicted octanol–water partition coefficient (Wildman–Crippen LogP) is 0.948. The Morgan fingerprint density at radius 2 is 2.05 bits per heavy atom. The predicted molar refractivity (Wildman–Crippen MR) is 82.9 cm³/mol. The highest BCUT2D eigenvalue weighted by atomic mass is 16.2. The van der Waals surface area contributed by atoms with Gasteiger partial charge in [0, 0.05) is 31.4 Å². The van der Waals surface area contributed by atoms with Crippen LogP contribution in [0.4, 0.5) is 11.5 Å². The number of benzene rings is 1. The van der Waals surface area contributed by atoms with Crippen LogP contribution < -0.4 is 10.6 Å². The number of nitrogens with two attached hydrogens (primary N) is 1. The van der Waals surface area contributed by atoms with Crippen LogP contribution in [0.1, 0.15) is 0 Å². The lowest BCUT2D eigenvalue weighted by Gasteiger charge is -2.32. The Labute approximate surface area is 123 Å². The van der Waals surface area contributed by atoms with E-state index in [0.29, 0.717) is 18.9 Å². The van der Waals surface area contributed by atoms with Crippen molar-refractivity contribution in [2.24, 2.45) is 7.05 Å². The maximum atomic E-state index is 12.2. The van der Waals surface area contributed by atoms with Gasteiger partial charge < -0.3 is 10.6 Å². The van der Waals surface area contributed by atoms with E-state index in [9.17, 15) is 4.79 Å². The Morgan fingerprint density at radius 1 is 1.24 bits per heavy atom. The van der Waals surface area contributed by atoms with Gasteiger partial charge in [-0.15, -0.1) is 0 Å². The number of carbonyl (C=O) groups excluding carboxylic acids is 1. The third-order valence-electron chi connectivity index (χ3n) is 3.87. The summed E-state index contributed by atoms with van der Waals surface area (Å²) >= 11 is 0. The Balaban J connectivity index is 1.93. The standard InChI is InChI=1S/C15H19N5O/c1-18-6-7-20(14(21)10-18)12-5-3-4-11(8-12)13-9-17-19(2)15(13)16/h3-5,8-9H,6-7,10,16H2,1-2H3. The second kappa shape index (κ2) is 5.21. The first-order chi connectivity index (χ1) is 10.1. The Kier molecular flexibility index (Phi) is 3.39. The normalized spacial score (nSPS) is 16.5. The van der Waals surface area contributed by atoms with E-state index in [1.54, 1.807) is 10.9 Å². The lowest BCUT2D eigenvalue weighted by atomic mass is 10.1. The number of hydrogen-bond acceptors (Lipinski definition) is 4. The van der Waals surface area contributed by atoms with Gasteiger partial charge >= 0.3 is 0 Å². The van der Waals surface area contributed by atoms with Crippen molar-refractivity contribution >= 4 is 17.4 Å². The van der Waals surface area contributed by atoms with Gasteiger partial charge in [0.2, 0.25) is 5.91 Å². The van der Waals surface area contributed by atoms with E-state index in [-0.39, 0.29) is 5.91 Å². The summed E-state index contributed by atoms with van der Waals surface area (Å²) in [6.45, 7) is 2.05. The molecule has 3 rings (SSSR count). The molecule has 2 N–H and O–H groups in total. The quantitative estimate of drug-likeness (QED) is 0.892. The topological polar surface area (TPSA) is 67.4 Å². The molecule has 0 saturated carbocycles. The molecule has 0 aliphatic carbocycles. The minimum Gasteiger partial charge on any atom is -0.383 e. The average Bonchev–Trinajstić information content (AvgIpc) is 2.79. The van der Waals surface area contributed by atoms with Crippen molar-refractivity contribution in [1.82, 2.24) is 14.7 Å². The molecule has 0 spiro atoms. The van der Waals surface area contributed by atoms with E-state index in [1.807, 2.05) is 48.2 Å². The van der Waals surface area contributed by atoms with Gasteiger partial charge in [0.15, 0.2) is 0 Å². The molecule has 110 valence electrons. The molecule has 6 nitrogen and oxygen atoms in total. The van der Waals surface area contributed by atoms with E-state index in [1.165, 1.54) is 0 Å². The number of hydrogen-bond donors (Lipinski definition) is 1. The molecule has 2 aromatic rings. The molecular weight excluding hydrogens is 266 g/mol. The SMILES string of the molecule is CN1CCN(c2cccc(-c3cnn(C)c3N)c2)C(=O)C1. The number of anilines is 2. The molecule has 1 aromatic carbocycles. The largest absolute Gasteiger partial charge is 0.383 e. The summed E-state index contributed by atoms with van der Waals surface area (Å²) in [6.07, 6.45) is 1.75. The van der Waals surface area contributed by atoms with Gasteiger partial charge in [-0.3, -0.25) is 14.4 Å². The number of nitrogens with zero attached hydrogens (tertiary/aromatic N) is 4. The lowest BCUT2D eigenvalue weighted by molar-refractivity contribution is -0.120. The van der Waals surface area contributed by atoms with E-state index in [2.05, 4.69) is 5.10 Å². The third kappa shape index (κ3) is 2.50. The van der Waals surface area contributed by atoms with Gasteiger partial charge in [0.05, 0.1) is 12.7 Å². The van der Waals surface area contributed by atoms with Gasteiger partial charge in [-0.2, -0.15) is 5.10 Å². The molecule has 1 aliphatic rings. The Morgan fingerprint density at radius 3 is 2.71 bits per heavy atom. The highest BCUT2D eigenvalue weighted by Gasteiger charge is 2.23. The van der Waals surface area contributed by atoms with E-state index in [0.717, 1.165) is 23.4 Å². The summed E-state index contributed by atoms with van der Waals surface area (Å²) in [4.78, 5) is 16.0. The molecule has 2 heterocycles. The smallest absolute Gasteiger partial charge is 0.241 e. The van der Waals surface area contributed by atoms with Crippen LogP contribution in [0.25, 0.3) is 11.1 Å². The molecule has 1 aromatic heterocycles. The minimum atomic E-state index is 0.125. The summed E-state index contributed by atoms with van der Waals surface area (Å²) in [5, 5.41) is 4.16. The van der Waals surface area contributed by atoms with Crippen molar-refractivity contribution in [1.29, 1.82) is 0 Å². The number of aryl methyl sites for hydroxylation is 1. The Hall–Kier alpha value is -2.34. The van der Waals surface area contributed by atoms with E-state index in [4.69, 9.17) is 5.73 Å². The van der Waals surface area contributed by atoms with Gasteiger partial charge in [-0.25, -0.2) is 0 Å². The van der Waals surface area contributed by atoms with Crippen LogP contribution in [0.15, 0.2) is 30.5 Å². The van der Waals surface area contributed by atoms with Crippen molar-refractivity contribution in [3.63, 3.8) is 0 Å². The molecule has 1 saturated heterocycles. The number of amides is 1. The number of carbonyl (C=O) groups is 1. The zero-order valence-electron chi connectivity index (χ0n) is 12.3.